The summed E-state index contributed by atoms with van der Waals surface area (Å²) in [5.41, 5.74) is 7.30. The first kappa shape index (κ1) is 14.2. The molecule has 1 saturated carbocycles. The number of benzene rings is 1. The van der Waals surface area contributed by atoms with E-state index in [1.165, 1.54) is 29.2 Å². The van der Waals surface area contributed by atoms with Crippen LogP contribution in [-0.2, 0) is 0 Å². The molecule has 2 aromatic rings. The van der Waals surface area contributed by atoms with E-state index in [9.17, 15) is 4.79 Å². The fourth-order valence-electron chi connectivity index (χ4n) is 2.47. The third kappa shape index (κ3) is 2.43. The molecule has 22 heavy (non-hydrogen) atoms. The van der Waals surface area contributed by atoms with Crippen molar-refractivity contribution in [3.05, 3.63) is 40.4 Å². The quantitative estimate of drug-likeness (QED) is 0.879. The van der Waals surface area contributed by atoms with Gasteiger partial charge in [0.15, 0.2) is 5.82 Å². The summed E-state index contributed by atoms with van der Waals surface area (Å²) in [6.07, 6.45) is 5.45. The Morgan fingerprint density at radius 1 is 1.50 bits per heavy atom. The minimum absolute atomic E-state index is 0.223. The molecular formula is C16H17N5O. The molecule has 6 nitrogen and oxygen atoms in total. The van der Waals surface area contributed by atoms with Gasteiger partial charge < -0.3 is 5.73 Å². The fourth-order valence-corrected chi connectivity index (χ4v) is 2.47. The summed E-state index contributed by atoms with van der Waals surface area (Å²) in [6, 6.07) is 5.94. The molecule has 1 aromatic heterocycles. The highest BCUT2D eigenvalue weighted by Gasteiger charge is 2.24. The number of aromatic nitrogens is 2. The lowest BCUT2D eigenvalue weighted by Crippen LogP contribution is -2.23. The summed E-state index contributed by atoms with van der Waals surface area (Å²) >= 11 is 0. The van der Waals surface area contributed by atoms with Gasteiger partial charge in [0.05, 0.1) is 11.7 Å². The smallest absolute Gasteiger partial charge is 0.355 e. The standard InChI is InChI=1S/C16H17N5O/c1-3-19-9-14(18-2)21-13-8-11(10-4-5-10)6-7-12(13)15(17)20-16(21)22/h3,6-10H,2,4-5H2,1H3,(H2,17,20,22)/b14-9+,19-3?. The molecule has 3 rings (SSSR count). The number of nitrogens with zero attached hydrogens (tertiary/aromatic N) is 4. The molecule has 1 aliphatic rings. The maximum absolute atomic E-state index is 12.3. The highest BCUT2D eigenvalue weighted by molar-refractivity contribution is 5.90. The molecule has 0 unspecified atom stereocenters. The van der Waals surface area contributed by atoms with Gasteiger partial charge in [0.2, 0.25) is 0 Å². The van der Waals surface area contributed by atoms with Crippen molar-refractivity contribution in [1.29, 1.82) is 0 Å². The van der Waals surface area contributed by atoms with Crippen molar-refractivity contribution in [2.75, 3.05) is 5.73 Å². The van der Waals surface area contributed by atoms with Crippen LogP contribution in [0.15, 0.2) is 39.2 Å². The minimum Gasteiger partial charge on any atom is -0.383 e. The van der Waals surface area contributed by atoms with E-state index in [0.717, 1.165) is 5.39 Å². The molecule has 6 heteroatoms. The number of anilines is 1. The lowest BCUT2D eigenvalue weighted by molar-refractivity contribution is 0.964. The number of hydrogen-bond donors (Lipinski definition) is 1. The summed E-state index contributed by atoms with van der Waals surface area (Å²) in [6.45, 7) is 5.30. The van der Waals surface area contributed by atoms with Crippen LogP contribution in [0.5, 0.6) is 0 Å². The van der Waals surface area contributed by atoms with Gasteiger partial charge in [-0.1, -0.05) is 6.07 Å². The van der Waals surface area contributed by atoms with Crippen LogP contribution in [0.2, 0.25) is 0 Å². The lowest BCUT2D eigenvalue weighted by atomic mass is 10.1. The Morgan fingerprint density at radius 3 is 2.91 bits per heavy atom. The third-order valence-corrected chi connectivity index (χ3v) is 3.72. The van der Waals surface area contributed by atoms with Crippen LogP contribution in [-0.4, -0.2) is 22.5 Å². The molecule has 0 amide bonds. The van der Waals surface area contributed by atoms with Crippen LogP contribution in [0.3, 0.4) is 0 Å². The Labute approximate surface area is 127 Å². The van der Waals surface area contributed by atoms with E-state index in [4.69, 9.17) is 5.73 Å². The van der Waals surface area contributed by atoms with E-state index in [1.54, 1.807) is 13.1 Å². The fraction of sp³-hybridized carbons (Fsp3) is 0.250. The first-order chi connectivity index (χ1) is 10.7. The Balaban J connectivity index is 2.33. The number of rotatable bonds is 4. The second kappa shape index (κ2) is 5.55. The van der Waals surface area contributed by atoms with Gasteiger partial charge in [0, 0.05) is 11.6 Å². The van der Waals surface area contributed by atoms with Crippen molar-refractivity contribution >= 4 is 35.5 Å². The van der Waals surface area contributed by atoms with Crippen molar-refractivity contribution in [1.82, 2.24) is 9.55 Å². The van der Waals surface area contributed by atoms with E-state index >= 15 is 0 Å². The highest BCUT2D eigenvalue weighted by Crippen LogP contribution is 2.41. The average molecular weight is 295 g/mol. The molecule has 1 fully saturated rings. The molecular weight excluding hydrogens is 278 g/mol. The predicted molar refractivity (Wildman–Crippen MR) is 90.4 cm³/mol. The summed E-state index contributed by atoms with van der Waals surface area (Å²) in [5, 5.41) is 0.721. The zero-order valence-corrected chi connectivity index (χ0v) is 12.4. The first-order valence-electron chi connectivity index (χ1n) is 7.13. The van der Waals surface area contributed by atoms with Gasteiger partial charge >= 0.3 is 5.69 Å². The molecule has 1 heterocycles. The maximum atomic E-state index is 12.3. The van der Waals surface area contributed by atoms with Gasteiger partial charge in [-0.25, -0.2) is 14.4 Å². The summed E-state index contributed by atoms with van der Waals surface area (Å²) in [4.78, 5) is 24.1. The van der Waals surface area contributed by atoms with Crippen molar-refractivity contribution < 1.29 is 0 Å². The van der Waals surface area contributed by atoms with E-state index < -0.39 is 5.69 Å². The van der Waals surface area contributed by atoms with Gasteiger partial charge in [-0.2, -0.15) is 4.98 Å². The Hall–Kier alpha value is -2.76. The topological polar surface area (TPSA) is 85.6 Å². The molecule has 0 bridgehead atoms. The van der Waals surface area contributed by atoms with Gasteiger partial charge in [-0.05, 0) is 50.1 Å². The number of nitrogens with two attached hydrogens (primary N) is 1. The van der Waals surface area contributed by atoms with Gasteiger partial charge in [-0.15, -0.1) is 0 Å². The van der Waals surface area contributed by atoms with Crippen molar-refractivity contribution in [2.45, 2.75) is 25.7 Å². The predicted octanol–water partition coefficient (Wildman–Crippen LogP) is 2.40. The lowest BCUT2D eigenvalue weighted by Gasteiger charge is -2.11. The Bertz CT molecular complexity index is 859. The molecule has 0 atom stereocenters. The van der Waals surface area contributed by atoms with Gasteiger partial charge in [0.25, 0.3) is 0 Å². The molecule has 2 N–H and O–H groups in total. The molecule has 0 radical (unpaired) electrons. The number of hydrogen-bond acceptors (Lipinski definition) is 5. The van der Waals surface area contributed by atoms with Gasteiger partial charge in [0.1, 0.15) is 5.82 Å². The van der Waals surface area contributed by atoms with E-state index in [-0.39, 0.29) is 5.82 Å². The maximum Gasteiger partial charge on any atom is 0.355 e. The van der Waals surface area contributed by atoms with Gasteiger partial charge in [-0.3, -0.25) is 4.99 Å². The molecule has 1 aliphatic carbocycles. The van der Waals surface area contributed by atoms with Crippen LogP contribution < -0.4 is 11.4 Å². The molecule has 0 spiro atoms. The summed E-state index contributed by atoms with van der Waals surface area (Å²) in [7, 11) is 0. The summed E-state index contributed by atoms with van der Waals surface area (Å²) in [5.74, 6) is 1.12. The number of fused-ring (bicyclic) bond motifs is 1. The van der Waals surface area contributed by atoms with E-state index in [2.05, 4.69) is 21.7 Å². The monoisotopic (exact) mass is 295 g/mol. The number of aliphatic imine (C=N–C) groups is 2. The van der Waals surface area contributed by atoms with Crippen molar-refractivity contribution in [3.8, 4) is 0 Å². The molecule has 0 aliphatic heterocycles. The minimum atomic E-state index is -0.483. The first-order valence-corrected chi connectivity index (χ1v) is 7.13. The SMILES string of the molecule is C=N/C(=C\N=CC)n1c(=O)nc(N)c2ccc(C3CC3)cc21. The van der Waals surface area contributed by atoms with Crippen LogP contribution in [0, 0.1) is 0 Å². The van der Waals surface area contributed by atoms with E-state index in [0.29, 0.717) is 17.3 Å². The Kier molecular flexibility index (Phi) is 3.58. The zero-order chi connectivity index (χ0) is 15.7. The second-order valence-corrected chi connectivity index (χ2v) is 5.22. The third-order valence-electron chi connectivity index (χ3n) is 3.72. The largest absolute Gasteiger partial charge is 0.383 e. The van der Waals surface area contributed by atoms with E-state index in [1.807, 2.05) is 18.2 Å². The number of nitrogen functional groups attached to an aromatic ring is 1. The molecule has 112 valence electrons. The average Bonchev–Trinajstić information content (AvgIpc) is 3.34. The second-order valence-electron chi connectivity index (χ2n) is 5.22. The molecule has 1 aromatic carbocycles. The van der Waals surface area contributed by atoms with Crippen LogP contribution in [0.4, 0.5) is 5.82 Å². The Morgan fingerprint density at radius 2 is 2.27 bits per heavy atom. The normalized spacial score (nSPS) is 15.6. The molecule has 0 saturated heterocycles. The van der Waals surface area contributed by atoms with Crippen LogP contribution in [0.25, 0.3) is 16.7 Å². The van der Waals surface area contributed by atoms with Crippen molar-refractivity contribution in [3.63, 3.8) is 0 Å². The summed E-state index contributed by atoms with van der Waals surface area (Å²) < 4.78 is 1.40. The zero-order valence-electron chi connectivity index (χ0n) is 12.4. The highest BCUT2D eigenvalue weighted by atomic mass is 16.1. The van der Waals surface area contributed by atoms with Crippen LogP contribution >= 0.6 is 0 Å². The van der Waals surface area contributed by atoms with Crippen LogP contribution in [0.1, 0.15) is 31.2 Å². The van der Waals surface area contributed by atoms with Crippen molar-refractivity contribution in [2.24, 2.45) is 9.98 Å².